The zero-order valence-electron chi connectivity index (χ0n) is 15.8. The molecule has 0 atom stereocenters. The number of rotatable bonds is 5. The summed E-state index contributed by atoms with van der Waals surface area (Å²) in [5.74, 6) is -0.640. The van der Waals surface area contributed by atoms with Crippen LogP contribution in [0.15, 0.2) is 29.1 Å². The molecule has 1 saturated heterocycles. The molecule has 29 heavy (non-hydrogen) atoms. The summed E-state index contributed by atoms with van der Waals surface area (Å²) in [5.41, 5.74) is -2.04. The summed E-state index contributed by atoms with van der Waals surface area (Å²) in [6, 6.07) is 4.74. The number of carbonyl (C=O) groups is 1. The van der Waals surface area contributed by atoms with E-state index in [9.17, 15) is 27.9 Å². The fourth-order valence-electron chi connectivity index (χ4n) is 3.49. The summed E-state index contributed by atoms with van der Waals surface area (Å²) in [7, 11) is 0. The van der Waals surface area contributed by atoms with Gasteiger partial charge in [-0.15, -0.1) is 0 Å². The molecule has 2 aromatic rings. The number of hydrogen-bond donors (Lipinski definition) is 3. The van der Waals surface area contributed by atoms with Crippen LogP contribution in [0.2, 0.25) is 0 Å². The number of nitrogens with zero attached hydrogens (tertiary/aromatic N) is 1. The van der Waals surface area contributed by atoms with Crippen molar-refractivity contribution in [3.8, 4) is 0 Å². The lowest BCUT2D eigenvalue weighted by molar-refractivity contribution is -0.137. The molecule has 0 radical (unpaired) electrons. The minimum Gasteiger partial charge on any atom is -0.461 e. The van der Waals surface area contributed by atoms with Gasteiger partial charge in [0.2, 0.25) is 0 Å². The average molecular weight is 413 g/mol. The van der Waals surface area contributed by atoms with E-state index in [0.717, 1.165) is 12.1 Å². The SMILES string of the molecule is CCOC(=O)c1[nH]c(=O)[nH]c1CN1CCC(O)(c2cccc(C(F)(F)F)c2)CC1. The summed E-state index contributed by atoms with van der Waals surface area (Å²) >= 11 is 0. The lowest BCUT2D eigenvalue weighted by atomic mass is 9.83. The van der Waals surface area contributed by atoms with Gasteiger partial charge in [-0.2, -0.15) is 13.2 Å². The monoisotopic (exact) mass is 413 g/mol. The van der Waals surface area contributed by atoms with E-state index in [1.807, 2.05) is 4.90 Å². The molecule has 0 saturated carbocycles. The second kappa shape index (κ2) is 8.03. The second-order valence-electron chi connectivity index (χ2n) is 7.04. The second-order valence-corrected chi connectivity index (χ2v) is 7.04. The number of aliphatic hydroxyl groups is 1. The normalized spacial score (nSPS) is 17.3. The molecule has 0 amide bonds. The first kappa shape index (κ1) is 21.1. The van der Waals surface area contributed by atoms with Crippen LogP contribution in [-0.4, -0.2) is 45.6 Å². The van der Waals surface area contributed by atoms with Crippen molar-refractivity contribution in [1.29, 1.82) is 0 Å². The van der Waals surface area contributed by atoms with Crippen LogP contribution in [0.25, 0.3) is 0 Å². The molecular weight excluding hydrogens is 391 g/mol. The zero-order valence-corrected chi connectivity index (χ0v) is 15.8. The Bertz CT molecular complexity index is 927. The van der Waals surface area contributed by atoms with Gasteiger partial charge in [0.1, 0.15) is 5.69 Å². The minimum absolute atomic E-state index is 0.0514. The Kier molecular flexibility index (Phi) is 5.85. The van der Waals surface area contributed by atoms with Crippen LogP contribution in [0, 0.1) is 0 Å². The number of aromatic amines is 2. The summed E-state index contributed by atoms with van der Waals surface area (Å²) in [4.78, 5) is 30.4. The zero-order chi connectivity index (χ0) is 21.2. The van der Waals surface area contributed by atoms with Crippen molar-refractivity contribution in [3.05, 3.63) is 57.3 Å². The molecule has 0 aliphatic carbocycles. The smallest absolute Gasteiger partial charge is 0.416 e. The number of H-pyrrole nitrogens is 2. The van der Waals surface area contributed by atoms with Gasteiger partial charge in [-0.1, -0.05) is 12.1 Å². The number of esters is 1. The molecule has 1 aliphatic rings. The number of piperidine rings is 1. The van der Waals surface area contributed by atoms with E-state index in [2.05, 4.69) is 9.97 Å². The maximum atomic E-state index is 13.0. The van der Waals surface area contributed by atoms with Gasteiger partial charge >= 0.3 is 17.8 Å². The van der Waals surface area contributed by atoms with Gasteiger partial charge in [-0.25, -0.2) is 9.59 Å². The van der Waals surface area contributed by atoms with Crippen molar-refractivity contribution < 1.29 is 27.8 Å². The maximum Gasteiger partial charge on any atom is 0.416 e. The highest BCUT2D eigenvalue weighted by atomic mass is 19.4. The molecule has 7 nitrogen and oxygen atoms in total. The number of likely N-dealkylation sites (tertiary alicyclic amines) is 1. The summed E-state index contributed by atoms with van der Waals surface area (Å²) in [5, 5.41) is 10.9. The molecule has 3 N–H and O–H groups in total. The molecule has 1 fully saturated rings. The van der Waals surface area contributed by atoms with Gasteiger partial charge in [0.05, 0.1) is 23.5 Å². The Morgan fingerprint density at radius 2 is 1.97 bits per heavy atom. The maximum absolute atomic E-state index is 13.0. The van der Waals surface area contributed by atoms with Crippen molar-refractivity contribution in [1.82, 2.24) is 14.9 Å². The third-order valence-corrected chi connectivity index (χ3v) is 5.08. The molecule has 2 heterocycles. The highest BCUT2D eigenvalue weighted by Gasteiger charge is 2.37. The topological polar surface area (TPSA) is 98.4 Å². The molecule has 1 aromatic heterocycles. The predicted octanol–water partition coefficient (Wildman–Crippen LogP) is 2.38. The molecule has 0 spiro atoms. The number of benzene rings is 1. The molecule has 0 unspecified atom stereocenters. The molecule has 1 aliphatic heterocycles. The van der Waals surface area contributed by atoms with Crippen LogP contribution in [0.1, 0.15) is 47.1 Å². The van der Waals surface area contributed by atoms with Crippen molar-refractivity contribution in [2.45, 2.75) is 38.1 Å². The number of imidazole rings is 1. The number of hydrogen-bond acceptors (Lipinski definition) is 5. The molecule has 1 aromatic carbocycles. The number of alkyl halides is 3. The summed E-state index contributed by atoms with van der Waals surface area (Å²) in [6.45, 7) is 2.82. The van der Waals surface area contributed by atoms with Crippen LogP contribution in [0.4, 0.5) is 13.2 Å². The highest BCUT2D eigenvalue weighted by molar-refractivity contribution is 5.88. The fraction of sp³-hybridized carbons (Fsp3) is 0.474. The number of aromatic nitrogens is 2. The minimum atomic E-state index is -4.48. The Morgan fingerprint density at radius 3 is 2.59 bits per heavy atom. The summed E-state index contributed by atoms with van der Waals surface area (Å²) in [6.07, 6.45) is -4.04. The van der Waals surface area contributed by atoms with Gasteiger partial charge in [-0.05, 0) is 37.5 Å². The quantitative estimate of drug-likeness (QED) is 0.654. The van der Waals surface area contributed by atoms with Gasteiger partial charge in [0, 0.05) is 19.6 Å². The number of carbonyl (C=O) groups excluding carboxylic acids is 1. The number of nitrogens with one attached hydrogen (secondary N) is 2. The Balaban J connectivity index is 1.70. The van der Waals surface area contributed by atoms with E-state index in [-0.39, 0.29) is 37.3 Å². The van der Waals surface area contributed by atoms with Crippen molar-refractivity contribution >= 4 is 5.97 Å². The van der Waals surface area contributed by atoms with E-state index in [1.54, 1.807) is 6.92 Å². The standard InChI is InChI=1S/C19H22F3N3O4/c1-2-29-16(26)15-14(23-17(27)24-15)11-25-8-6-18(28,7-9-25)12-4-3-5-13(10-12)19(20,21)22/h3-5,10,28H,2,6-9,11H2,1H3,(H2,23,24,27). The van der Waals surface area contributed by atoms with Crippen molar-refractivity contribution in [3.63, 3.8) is 0 Å². The van der Waals surface area contributed by atoms with Gasteiger partial charge in [-0.3, -0.25) is 9.88 Å². The van der Waals surface area contributed by atoms with E-state index < -0.39 is 29.0 Å². The first-order chi connectivity index (χ1) is 13.6. The Hall–Kier alpha value is -2.59. The van der Waals surface area contributed by atoms with E-state index >= 15 is 0 Å². The number of ether oxygens (including phenoxy) is 1. The third-order valence-electron chi connectivity index (χ3n) is 5.08. The van der Waals surface area contributed by atoms with E-state index in [4.69, 9.17) is 4.74 Å². The van der Waals surface area contributed by atoms with Gasteiger partial charge in [0.15, 0.2) is 0 Å². The van der Waals surface area contributed by atoms with E-state index in [1.165, 1.54) is 12.1 Å². The van der Waals surface area contributed by atoms with Crippen molar-refractivity contribution in [2.24, 2.45) is 0 Å². The van der Waals surface area contributed by atoms with Crippen LogP contribution in [-0.2, 0) is 23.1 Å². The third kappa shape index (κ3) is 4.70. The molecule has 158 valence electrons. The lowest BCUT2D eigenvalue weighted by Crippen LogP contribution is -2.42. The molecule has 0 bridgehead atoms. The highest BCUT2D eigenvalue weighted by Crippen LogP contribution is 2.37. The Labute approximate surface area is 164 Å². The first-order valence-corrected chi connectivity index (χ1v) is 9.23. The molecule has 3 rings (SSSR count). The predicted molar refractivity (Wildman–Crippen MR) is 97.2 cm³/mol. The van der Waals surface area contributed by atoms with Gasteiger partial charge in [0.25, 0.3) is 0 Å². The van der Waals surface area contributed by atoms with Crippen LogP contribution in [0.5, 0.6) is 0 Å². The van der Waals surface area contributed by atoms with Gasteiger partial charge < -0.3 is 14.8 Å². The largest absolute Gasteiger partial charge is 0.461 e. The molecular formula is C19H22F3N3O4. The van der Waals surface area contributed by atoms with Crippen LogP contribution >= 0.6 is 0 Å². The lowest BCUT2D eigenvalue weighted by Gasteiger charge is -2.38. The molecule has 10 heteroatoms. The van der Waals surface area contributed by atoms with Crippen LogP contribution in [0.3, 0.4) is 0 Å². The van der Waals surface area contributed by atoms with E-state index in [0.29, 0.717) is 18.8 Å². The fourth-order valence-corrected chi connectivity index (χ4v) is 3.49. The average Bonchev–Trinajstić information content (AvgIpc) is 3.04. The first-order valence-electron chi connectivity index (χ1n) is 9.23. The van der Waals surface area contributed by atoms with Crippen molar-refractivity contribution in [2.75, 3.05) is 19.7 Å². The number of halogens is 3. The van der Waals surface area contributed by atoms with Crippen LogP contribution < -0.4 is 5.69 Å². The Morgan fingerprint density at radius 1 is 1.28 bits per heavy atom. The summed E-state index contributed by atoms with van der Waals surface area (Å²) < 4.78 is 43.8.